The molecule has 3 aromatic rings. The van der Waals surface area contributed by atoms with Gasteiger partial charge in [0.1, 0.15) is 0 Å². The zero-order valence-corrected chi connectivity index (χ0v) is 18.5. The van der Waals surface area contributed by atoms with E-state index in [4.69, 9.17) is 0 Å². The highest BCUT2D eigenvalue weighted by Gasteiger charge is 2.25. The molecule has 2 N–H and O–H groups in total. The van der Waals surface area contributed by atoms with Crippen molar-refractivity contribution >= 4 is 39.1 Å². The summed E-state index contributed by atoms with van der Waals surface area (Å²) in [5.74, 6) is -0.999. The highest BCUT2D eigenvalue weighted by molar-refractivity contribution is 9.10. The van der Waals surface area contributed by atoms with E-state index in [1.807, 2.05) is 6.07 Å². The zero-order valence-electron chi connectivity index (χ0n) is 16.1. The molecular weight excluding hydrogens is 454 g/mol. The van der Waals surface area contributed by atoms with Gasteiger partial charge in [-0.3, -0.25) is 4.79 Å². The number of nitrogens with zero attached hydrogens (tertiary/aromatic N) is 2. The third kappa shape index (κ3) is 5.07. The molecule has 0 saturated carbocycles. The molecule has 6 nitrogen and oxygen atoms in total. The summed E-state index contributed by atoms with van der Waals surface area (Å²) in [4.78, 5) is 34.4. The lowest BCUT2D eigenvalue weighted by Crippen LogP contribution is -2.33. The van der Waals surface area contributed by atoms with Gasteiger partial charge in [-0.15, -0.1) is 11.3 Å². The van der Waals surface area contributed by atoms with Gasteiger partial charge in [0.15, 0.2) is 11.9 Å². The Hall–Kier alpha value is -2.58. The normalized spacial score (nSPS) is 12.4. The molecule has 150 valence electrons. The predicted octanol–water partition coefficient (Wildman–Crippen LogP) is 4.82. The number of aromatic nitrogens is 2. The predicted molar refractivity (Wildman–Crippen MR) is 116 cm³/mol. The van der Waals surface area contributed by atoms with Gasteiger partial charge in [0.2, 0.25) is 0 Å². The number of halogens is 1. The number of hydrogen-bond donors (Lipinski definition) is 2. The molecule has 1 amide bonds. The first-order valence-corrected chi connectivity index (χ1v) is 10.5. The highest BCUT2D eigenvalue weighted by Crippen LogP contribution is 2.30. The fourth-order valence-corrected chi connectivity index (χ4v) is 3.81. The van der Waals surface area contributed by atoms with Crippen LogP contribution in [0.1, 0.15) is 46.9 Å². The summed E-state index contributed by atoms with van der Waals surface area (Å²) in [6, 6.07) is 9.29. The van der Waals surface area contributed by atoms with Crippen LogP contribution in [0.2, 0.25) is 0 Å². The Labute approximate surface area is 181 Å². The molecule has 29 heavy (non-hydrogen) atoms. The van der Waals surface area contributed by atoms with Crippen LogP contribution in [0.3, 0.4) is 0 Å². The average molecular weight is 474 g/mol. The number of amides is 1. The van der Waals surface area contributed by atoms with Gasteiger partial charge < -0.3 is 10.4 Å². The van der Waals surface area contributed by atoms with Crippen molar-refractivity contribution in [2.75, 3.05) is 0 Å². The quantitative estimate of drug-likeness (QED) is 0.553. The minimum absolute atomic E-state index is 0.0691. The van der Waals surface area contributed by atoms with Gasteiger partial charge >= 0.3 is 5.97 Å². The molecule has 2 heterocycles. The molecule has 0 aliphatic rings. The molecule has 3 rings (SSSR count). The third-order valence-corrected chi connectivity index (χ3v) is 6.13. The van der Waals surface area contributed by atoms with Gasteiger partial charge in [0, 0.05) is 22.8 Å². The summed E-state index contributed by atoms with van der Waals surface area (Å²) in [6.07, 6.45) is 3.28. The standard InChI is InChI=1S/C21H20BrN3O3S/c1-21(2,3)16-9-8-15(29-16)19(26)25-17(20(27)28)12-4-6-13(7-5-12)18-23-10-14(22)11-24-18/h4-11,17H,1-3H3,(H,25,26)(H,27,28). The number of rotatable bonds is 5. The number of carbonyl (C=O) groups is 2. The molecule has 0 bridgehead atoms. The molecule has 0 spiro atoms. The Balaban J connectivity index is 1.79. The fourth-order valence-electron chi connectivity index (χ4n) is 2.64. The summed E-state index contributed by atoms with van der Waals surface area (Å²) in [5, 5.41) is 12.2. The molecule has 0 fully saturated rings. The summed E-state index contributed by atoms with van der Waals surface area (Å²) in [6.45, 7) is 6.20. The van der Waals surface area contributed by atoms with Gasteiger partial charge in [0.05, 0.1) is 9.35 Å². The summed E-state index contributed by atoms with van der Waals surface area (Å²) in [7, 11) is 0. The Morgan fingerprint density at radius 3 is 2.21 bits per heavy atom. The molecule has 0 radical (unpaired) electrons. The number of carboxylic acids is 1. The Kier molecular flexibility index (Phi) is 6.14. The number of aliphatic carboxylic acids is 1. The number of hydrogen-bond acceptors (Lipinski definition) is 5. The summed E-state index contributed by atoms with van der Waals surface area (Å²) in [5.41, 5.74) is 1.16. The van der Waals surface area contributed by atoms with E-state index in [9.17, 15) is 14.7 Å². The minimum atomic E-state index is -1.15. The second-order valence-corrected chi connectivity index (χ2v) is 9.50. The first-order chi connectivity index (χ1) is 13.6. The average Bonchev–Trinajstić information content (AvgIpc) is 3.17. The monoisotopic (exact) mass is 473 g/mol. The van der Waals surface area contributed by atoms with E-state index in [0.717, 1.165) is 14.9 Å². The van der Waals surface area contributed by atoms with Gasteiger partial charge in [-0.05, 0) is 39.0 Å². The van der Waals surface area contributed by atoms with E-state index in [0.29, 0.717) is 16.3 Å². The van der Waals surface area contributed by atoms with Crippen molar-refractivity contribution in [1.82, 2.24) is 15.3 Å². The topological polar surface area (TPSA) is 92.2 Å². The number of nitrogens with one attached hydrogen (secondary N) is 1. The van der Waals surface area contributed by atoms with Crippen molar-refractivity contribution in [3.63, 3.8) is 0 Å². The molecular formula is C21H20BrN3O3S. The lowest BCUT2D eigenvalue weighted by Gasteiger charge is -2.16. The van der Waals surface area contributed by atoms with Crippen molar-refractivity contribution in [2.24, 2.45) is 0 Å². The van der Waals surface area contributed by atoms with Gasteiger partial charge in [-0.1, -0.05) is 45.0 Å². The number of benzene rings is 1. The number of thiophene rings is 1. The Morgan fingerprint density at radius 2 is 1.69 bits per heavy atom. The third-order valence-electron chi connectivity index (χ3n) is 4.21. The molecule has 0 aliphatic carbocycles. The maximum atomic E-state index is 12.6. The van der Waals surface area contributed by atoms with E-state index in [2.05, 4.69) is 52.0 Å². The van der Waals surface area contributed by atoms with Crippen molar-refractivity contribution in [1.29, 1.82) is 0 Å². The lowest BCUT2D eigenvalue weighted by atomic mass is 9.95. The molecule has 1 unspecified atom stereocenters. The van der Waals surface area contributed by atoms with E-state index in [-0.39, 0.29) is 5.41 Å². The maximum Gasteiger partial charge on any atom is 0.330 e. The zero-order chi connectivity index (χ0) is 21.2. The number of carboxylic acid groups (broad SMARTS) is 1. The molecule has 0 saturated heterocycles. The molecule has 8 heteroatoms. The summed E-state index contributed by atoms with van der Waals surface area (Å²) >= 11 is 4.66. The van der Waals surface area contributed by atoms with E-state index < -0.39 is 17.9 Å². The smallest absolute Gasteiger partial charge is 0.330 e. The van der Waals surface area contributed by atoms with E-state index >= 15 is 0 Å². The molecule has 1 atom stereocenters. The van der Waals surface area contributed by atoms with Crippen LogP contribution >= 0.6 is 27.3 Å². The van der Waals surface area contributed by atoms with Crippen LogP contribution in [0.15, 0.2) is 53.3 Å². The van der Waals surface area contributed by atoms with Crippen LogP contribution in [0.25, 0.3) is 11.4 Å². The SMILES string of the molecule is CC(C)(C)c1ccc(C(=O)NC(C(=O)O)c2ccc(-c3ncc(Br)cn3)cc2)s1. The van der Waals surface area contributed by atoms with Crippen molar-refractivity contribution < 1.29 is 14.7 Å². The largest absolute Gasteiger partial charge is 0.479 e. The van der Waals surface area contributed by atoms with Gasteiger partial charge in [0.25, 0.3) is 5.91 Å². The first-order valence-electron chi connectivity index (χ1n) is 8.87. The fraction of sp³-hybridized carbons (Fsp3) is 0.238. The van der Waals surface area contributed by atoms with Gasteiger partial charge in [-0.2, -0.15) is 0 Å². The van der Waals surface area contributed by atoms with Crippen LogP contribution in [0.5, 0.6) is 0 Å². The molecule has 2 aromatic heterocycles. The first kappa shape index (κ1) is 21.1. The maximum absolute atomic E-state index is 12.6. The van der Waals surface area contributed by atoms with E-state index in [1.54, 1.807) is 42.7 Å². The second kappa shape index (κ2) is 8.42. The van der Waals surface area contributed by atoms with Crippen LogP contribution in [-0.4, -0.2) is 27.0 Å². The minimum Gasteiger partial charge on any atom is -0.479 e. The highest BCUT2D eigenvalue weighted by atomic mass is 79.9. The molecule has 1 aromatic carbocycles. The van der Waals surface area contributed by atoms with Crippen molar-refractivity contribution in [3.8, 4) is 11.4 Å². The van der Waals surface area contributed by atoms with Crippen molar-refractivity contribution in [3.05, 3.63) is 68.6 Å². The Bertz CT molecular complexity index is 1020. The van der Waals surface area contributed by atoms with Crippen LogP contribution < -0.4 is 5.32 Å². The number of carbonyl (C=O) groups excluding carboxylic acids is 1. The van der Waals surface area contributed by atoms with Crippen LogP contribution in [0, 0.1) is 0 Å². The summed E-state index contributed by atoms with van der Waals surface area (Å²) < 4.78 is 0.773. The van der Waals surface area contributed by atoms with Crippen molar-refractivity contribution in [2.45, 2.75) is 32.2 Å². The van der Waals surface area contributed by atoms with Crippen LogP contribution in [0.4, 0.5) is 0 Å². The second-order valence-electron chi connectivity index (χ2n) is 7.51. The molecule has 0 aliphatic heterocycles. The van der Waals surface area contributed by atoms with Gasteiger partial charge in [-0.25, -0.2) is 14.8 Å². The Morgan fingerprint density at radius 1 is 1.07 bits per heavy atom. The van der Waals surface area contributed by atoms with Crippen LogP contribution in [-0.2, 0) is 10.2 Å². The van der Waals surface area contributed by atoms with E-state index in [1.165, 1.54) is 11.3 Å². The lowest BCUT2D eigenvalue weighted by molar-refractivity contribution is -0.139.